The van der Waals surface area contributed by atoms with E-state index in [2.05, 4.69) is 41.1 Å². The number of aromatic nitrogens is 7. The van der Waals surface area contributed by atoms with Gasteiger partial charge in [-0.3, -0.25) is 4.79 Å². The average molecular weight is 393 g/mol. The first-order chi connectivity index (χ1) is 13.6. The number of carbonyl (C=O) groups excluding carboxylic acids is 1. The van der Waals surface area contributed by atoms with Crippen molar-refractivity contribution < 1.29 is 4.79 Å². The van der Waals surface area contributed by atoms with Crippen molar-refractivity contribution in [3.05, 3.63) is 59.1 Å². The largest absolute Gasteiger partial charge is 0.321 e. The summed E-state index contributed by atoms with van der Waals surface area (Å²) in [7, 11) is 0. The first-order valence-electron chi connectivity index (χ1n) is 8.26. The molecule has 3 aromatic heterocycles. The normalized spacial score (nSPS) is 10.6. The summed E-state index contributed by atoms with van der Waals surface area (Å²) >= 11 is 1.31. The van der Waals surface area contributed by atoms with Gasteiger partial charge >= 0.3 is 0 Å². The van der Waals surface area contributed by atoms with Gasteiger partial charge in [0.15, 0.2) is 5.13 Å². The Balaban J connectivity index is 1.43. The third-order valence-electron chi connectivity index (χ3n) is 3.68. The Kier molecular flexibility index (Phi) is 4.72. The van der Waals surface area contributed by atoms with Crippen LogP contribution in [-0.2, 0) is 0 Å². The SMILES string of the molecule is Cc1cc(C)nc(Nc2nc(C(=O)Nc3ccc(-n4cnnn4)cc3)cs2)n1. The molecule has 4 aromatic rings. The third kappa shape index (κ3) is 3.99. The molecule has 0 spiro atoms. The molecule has 28 heavy (non-hydrogen) atoms. The Morgan fingerprint density at radius 1 is 1.07 bits per heavy atom. The maximum absolute atomic E-state index is 12.4. The van der Waals surface area contributed by atoms with Crippen molar-refractivity contribution in [3.63, 3.8) is 0 Å². The molecule has 0 bridgehead atoms. The molecule has 0 unspecified atom stereocenters. The quantitative estimate of drug-likeness (QED) is 0.530. The van der Waals surface area contributed by atoms with Crippen molar-refractivity contribution in [2.45, 2.75) is 13.8 Å². The van der Waals surface area contributed by atoms with Crippen molar-refractivity contribution in [1.82, 2.24) is 35.2 Å². The fourth-order valence-corrected chi connectivity index (χ4v) is 3.17. The number of rotatable bonds is 5. The van der Waals surface area contributed by atoms with Crippen LogP contribution < -0.4 is 10.6 Å². The number of amides is 1. The van der Waals surface area contributed by atoms with Crippen LogP contribution in [0.2, 0.25) is 0 Å². The molecule has 1 aromatic carbocycles. The summed E-state index contributed by atoms with van der Waals surface area (Å²) in [5.74, 6) is 0.151. The number of hydrogen-bond acceptors (Lipinski definition) is 9. The second kappa shape index (κ2) is 7.48. The van der Waals surface area contributed by atoms with E-state index in [1.165, 1.54) is 22.3 Å². The first-order valence-corrected chi connectivity index (χ1v) is 9.14. The lowest BCUT2D eigenvalue weighted by molar-refractivity contribution is 0.102. The van der Waals surface area contributed by atoms with E-state index in [9.17, 15) is 4.79 Å². The van der Waals surface area contributed by atoms with Crippen LogP contribution in [0.5, 0.6) is 0 Å². The molecule has 1 amide bonds. The zero-order valence-corrected chi connectivity index (χ0v) is 15.8. The molecule has 0 radical (unpaired) electrons. The van der Waals surface area contributed by atoms with Gasteiger partial charge in [-0.15, -0.1) is 16.4 Å². The fraction of sp³-hybridized carbons (Fsp3) is 0.118. The second-order valence-electron chi connectivity index (χ2n) is 5.89. The van der Waals surface area contributed by atoms with E-state index in [1.54, 1.807) is 29.6 Å². The zero-order valence-electron chi connectivity index (χ0n) is 15.0. The van der Waals surface area contributed by atoms with Crippen molar-refractivity contribution in [2.24, 2.45) is 0 Å². The molecule has 2 N–H and O–H groups in total. The van der Waals surface area contributed by atoms with Crippen LogP contribution in [0.1, 0.15) is 21.9 Å². The third-order valence-corrected chi connectivity index (χ3v) is 4.43. The van der Waals surface area contributed by atoms with E-state index in [0.717, 1.165) is 17.1 Å². The standard InChI is InChI=1S/C17H15N9OS/c1-10-7-11(2)20-16(19-10)23-17-22-14(8-28-17)15(27)21-12-3-5-13(6-4-12)26-9-18-24-25-26/h3-9H,1-2H3,(H,21,27)(H,19,20,22,23). The number of carbonyl (C=O) groups is 1. The van der Waals surface area contributed by atoms with Crippen LogP contribution in [0.25, 0.3) is 5.69 Å². The predicted molar refractivity (Wildman–Crippen MR) is 104 cm³/mol. The van der Waals surface area contributed by atoms with Gasteiger partial charge in [-0.2, -0.15) is 0 Å². The highest BCUT2D eigenvalue weighted by molar-refractivity contribution is 7.14. The van der Waals surface area contributed by atoms with E-state index in [4.69, 9.17) is 0 Å². The van der Waals surface area contributed by atoms with E-state index in [1.807, 2.05) is 19.9 Å². The number of aryl methyl sites for hydroxylation is 2. The minimum Gasteiger partial charge on any atom is -0.321 e. The molecule has 0 fully saturated rings. The molecule has 0 saturated carbocycles. The van der Waals surface area contributed by atoms with Gasteiger partial charge in [-0.25, -0.2) is 19.6 Å². The predicted octanol–water partition coefficient (Wildman–Crippen LogP) is 2.52. The van der Waals surface area contributed by atoms with E-state index < -0.39 is 0 Å². The first kappa shape index (κ1) is 17.7. The van der Waals surface area contributed by atoms with E-state index in [-0.39, 0.29) is 5.91 Å². The molecular weight excluding hydrogens is 378 g/mol. The number of nitrogens with one attached hydrogen (secondary N) is 2. The number of tetrazole rings is 1. The van der Waals surface area contributed by atoms with Gasteiger partial charge in [0.1, 0.15) is 12.0 Å². The van der Waals surface area contributed by atoms with Crippen LogP contribution in [-0.4, -0.2) is 41.1 Å². The lowest BCUT2D eigenvalue weighted by Gasteiger charge is -2.05. The van der Waals surface area contributed by atoms with Gasteiger partial charge in [0.05, 0.1) is 5.69 Å². The highest BCUT2D eigenvalue weighted by Gasteiger charge is 2.12. The summed E-state index contributed by atoms with van der Waals surface area (Å²) in [5.41, 5.74) is 3.45. The van der Waals surface area contributed by atoms with Gasteiger partial charge < -0.3 is 10.6 Å². The molecule has 10 nitrogen and oxygen atoms in total. The van der Waals surface area contributed by atoms with Crippen molar-refractivity contribution in [2.75, 3.05) is 10.6 Å². The number of nitrogens with zero attached hydrogens (tertiary/aromatic N) is 7. The van der Waals surface area contributed by atoms with Gasteiger partial charge in [0.2, 0.25) is 5.95 Å². The molecule has 0 aliphatic rings. The van der Waals surface area contributed by atoms with Crippen LogP contribution >= 0.6 is 11.3 Å². The van der Waals surface area contributed by atoms with Crippen LogP contribution in [0, 0.1) is 13.8 Å². The monoisotopic (exact) mass is 393 g/mol. The van der Waals surface area contributed by atoms with Gasteiger partial charge in [0, 0.05) is 22.5 Å². The fourth-order valence-electron chi connectivity index (χ4n) is 2.49. The summed E-state index contributed by atoms with van der Waals surface area (Å²) in [6.07, 6.45) is 1.50. The number of thiazole rings is 1. The van der Waals surface area contributed by atoms with E-state index >= 15 is 0 Å². The lowest BCUT2D eigenvalue weighted by atomic mass is 10.2. The van der Waals surface area contributed by atoms with Crippen LogP contribution in [0.15, 0.2) is 42.0 Å². The summed E-state index contributed by atoms with van der Waals surface area (Å²) in [6.45, 7) is 3.79. The summed E-state index contributed by atoms with van der Waals surface area (Å²) in [4.78, 5) is 25.4. The minimum absolute atomic E-state index is 0.305. The van der Waals surface area contributed by atoms with Crippen LogP contribution in [0.3, 0.4) is 0 Å². The molecule has 140 valence electrons. The Hall–Kier alpha value is -3.73. The van der Waals surface area contributed by atoms with Gasteiger partial charge in [-0.1, -0.05) is 0 Å². The molecule has 0 aliphatic carbocycles. The Bertz CT molecular complexity index is 1090. The Labute approximate surface area is 163 Å². The molecule has 4 rings (SSSR count). The Morgan fingerprint density at radius 2 is 1.82 bits per heavy atom. The Morgan fingerprint density at radius 3 is 2.50 bits per heavy atom. The maximum Gasteiger partial charge on any atom is 0.275 e. The van der Waals surface area contributed by atoms with Crippen molar-refractivity contribution >= 4 is 34.0 Å². The molecule has 0 aliphatic heterocycles. The maximum atomic E-state index is 12.4. The minimum atomic E-state index is -0.305. The molecule has 0 saturated heterocycles. The zero-order chi connectivity index (χ0) is 19.5. The molecule has 0 atom stereocenters. The highest BCUT2D eigenvalue weighted by atomic mass is 32.1. The number of anilines is 3. The highest BCUT2D eigenvalue weighted by Crippen LogP contribution is 2.20. The van der Waals surface area contributed by atoms with Crippen LogP contribution in [0.4, 0.5) is 16.8 Å². The van der Waals surface area contributed by atoms with Gasteiger partial charge in [0.25, 0.3) is 5.91 Å². The number of benzene rings is 1. The molecule has 11 heteroatoms. The lowest BCUT2D eigenvalue weighted by Crippen LogP contribution is -2.12. The smallest absolute Gasteiger partial charge is 0.275 e. The van der Waals surface area contributed by atoms with Crippen molar-refractivity contribution in [3.8, 4) is 5.69 Å². The van der Waals surface area contributed by atoms with Gasteiger partial charge in [-0.05, 0) is 54.6 Å². The van der Waals surface area contributed by atoms with Crippen molar-refractivity contribution in [1.29, 1.82) is 0 Å². The second-order valence-corrected chi connectivity index (χ2v) is 6.75. The topological polar surface area (TPSA) is 123 Å². The summed E-state index contributed by atoms with van der Waals surface area (Å²) in [6, 6.07) is 9.03. The number of hydrogen-bond donors (Lipinski definition) is 2. The summed E-state index contributed by atoms with van der Waals surface area (Å²) in [5, 5.41) is 19.1. The summed E-state index contributed by atoms with van der Waals surface area (Å²) < 4.78 is 1.53. The average Bonchev–Trinajstić information content (AvgIpc) is 3.33. The molecular formula is C17H15N9OS. The van der Waals surface area contributed by atoms with E-state index in [0.29, 0.717) is 22.5 Å². The molecule has 3 heterocycles.